The summed E-state index contributed by atoms with van der Waals surface area (Å²) >= 11 is 0. The van der Waals surface area contributed by atoms with Crippen LogP contribution in [0.2, 0.25) is 0 Å². The zero-order chi connectivity index (χ0) is 14.2. The molecule has 0 saturated carbocycles. The lowest BCUT2D eigenvalue weighted by atomic mass is 9.90. The summed E-state index contributed by atoms with van der Waals surface area (Å²) < 4.78 is 0. The summed E-state index contributed by atoms with van der Waals surface area (Å²) in [6, 6.07) is 17.7. The van der Waals surface area contributed by atoms with Gasteiger partial charge in [-0.15, -0.1) is 0 Å². The number of hydrogen-bond acceptors (Lipinski definition) is 1. The average molecular weight is 271 g/mol. The van der Waals surface area contributed by atoms with Gasteiger partial charge in [0, 0.05) is 12.4 Å². The van der Waals surface area contributed by atoms with Crippen LogP contribution >= 0.6 is 0 Å². The number of rotatable bonds is 1. The van der Waals surface area contributed by atoms with Gasteiger partial charge in [-0.25, -0.2) is 0 Å². The van der Waals surface area contributed by atoms with Crippen LogP contribution in [-0.4, -0.2) is 4.90 Å². The van der Waals surface area contributed by atoms with E-state index in [1.54, 1.807) is 0 Å². The minimum Gasteiger partial charge on any atom is -0.343 e. The van der Waals surface area contributed by atoms with E-state index in [4.69, 9.17) is 0 Å². The van der Waals surface area contributed by atoms with Crippen LogP contribution in [0.5, 0.6) is 0 Å². The van der Waals surface area contributed by atoms with Crippen LogP contribution in [0.15, 0.2) is 78.7 Å². The Labute approximate surface area is 125 Å². The zero-order valence-corrected chi connectivity index (χ0v) is 12.0. The summed E-state index contributed by atoms with van der Waals surface area (Å²) in [6.45, 7) is 2.14. The third kappa shape index (κ3) is 2.11. The van der Waals surface area contributed by atoms with Gasteiger partial charge in [-0.05, 0) is 46.9 Å². The molecule has 2 aliphatic rings. The molecule has 2 aliphatic heterocycles. The minimum atomic E-state index is 0.317. The Hall–Kier alpha value is -2.54. The fourth-order valence-corrected chi connectivity index (χ4v) is 3.06. The number of hydrogen-bond donors (Lipinski definition) is 0. The van der Waals surface area contributed by atoms with Crippen molar-refractivity contribution in [1.29, 1.82) is 0 Å². The molecule has 1 unspecified atom stereocenters. The van der Waals surface area contributed by atoms with Crippen molar-refractivity contribution < 1.29 is 0 Å². The van der Waals surface area contributed by atoms with Crippen molar-refractivity contribution in [3.63, 3.8) is 0 Å². The maximum atomic E-state index is 2.32. The van der Waals surface area contributed by atoms with Crippen LogP contribution in [0.1, 0.15) is 24.1 Å². The number of allylic oxidation sites excluding steroid dienone is 2. The van der Waals surface area contributed by atoms with Gasteiger partial charge in [0.25, 0.3) is 0 Å². The predicted octanol–water partition coefficient (Wildman–Crippen LogP) is 5.15. The molecule has 0 spiro atoms. The third-order valence-corrected chi connectivity index (χ3v) is 4.15. The van der Waals surface area contributed by atoms with Gasteiger partial charge >= 0.3 is 0 Å². The van der Waals surface area contributed by atoms with Gasteiger partial charge in [0.05, 0.1) is 6.04 Å². The average Bonchev–Trinajstić information content (AvgIpc) is 2.54. The van der Waals surface area contributed by atoms with E-state index < -0.39 is 0 Å². The van der Waals surface area contributed by atoms with E-state index in [0.717, 1.165) is 0 Å². The van der Waals surface area contributed by atoms with Gasteiger partial charge in [0.1, 0.15) is 0 Å². The molecule has 2 aromatic carbocycles. The molecule has 102 valence electrons. The lowest BCUT2D eigenvalue weighted by Crippen LogP contribution is -2.22. The van der Waals surface area contributed by atoms with Crippen molar-refractivity contribution in [2.45, 2.75) is 13.0 Å². The van der Waals surface area contributed by atoms with Crippen molar-refractivity contribution in [3.05, 3.63) is 89.8 Å². The highest BCUT2D eigenvalue weighted by Crippen LogP contribution is 2.36. The Balaban J connectivity index is 1.81. The van der Waals surface area contributed by atoms with E-state index in [-0.39, 0.29) is 0 Å². The fraction of sp³-hybridized carbons (Fsp3) is 0.100. The van der Waals surface area contributed by atoms with E-state index >= 15 is 0 Å². The zero-order valence-electron chi connectivity index (χ0n) is 12.0. The quantitative estimate of drug-likeness (QED) is 0.693. The summed E-state index contributed by atoms with van der Waals surface area (Å²) in [6.07, 6.45) is 11.1. The molecule has 0 radical (unpaired) electrons. The van der Waals surface area contributed by atoms with Crippen molar-refractivity contribution in [3.8, 4) is 11.1 Å². The smallest absolute Gasteiger partial charge is 0.0773 e. The molecule has 0 aromatic heterocycles. The highest BCUT2D eigenvalue weighted by molar-refractivity contribution is 5.69. The van der Waals surface area contributed by atoms with E-state index in [0.29, 0.717) is 6.04 Å². The normalized spacial score (nSPS) is 19.0. The first-order chi connectivity index (χ1) is 10.3. The molecule has 0 N–H and O–H groups in total. The largest absolute Gasteiger partial charge is 0.343 e. The van der Waals surface area contributed by atoms with Crippen molar-refractivity contribution >= 4 is 6.08 Å². The standard InChI is InChI=1S/C20H17N/c1-15-7-10-20-19-13-18(16-5-3-2-4-6-16)9-8-17(19)11-12-21(20)14-15/h2-14,20H,1H3. The fourth-order valence-electron chi connectivity index (χ4n) is 3.06. The lowest BCUT2D eigenvalue weighted by molar-refractivity contribution is 0.426. The monoisotopic (exact) mass is 271 g/mol. The van der Waals surface area contributed by atoms with Crippen LogP contribution in [0, 0.1) is 0 Å². The van der Waals surface area contributed by atoms with Crippen molar-refractivity contribution in [1.82, 2.24) is 4.90 Å². The Morgan fingerprint density at radius 1 is 0.905 bits per heavy atom. The first-order valence-electron chi connectivity index (χ1n) is 7.33. The van der Waals surface area contributed by atoms with Crippen LogP contribution in [0.3, 0.4) is 0 Å². The van der Waals surface area contributed by atoms with Crippen LogP contribution in [0.4, 0.5) is 0 Å². The summed E-state index contributed by atoms with van der Waals surface area (Å²) in [5, 5.41) is 0. The lowest BCUT2D eigenvalue weighted by Gasteiger charge is -2.33. The van der Waals surface area contributed by atoms with Gasteiger partial charge < -0.3 is 4.90 Å². The number of nitrogens with zero attached hydrogens (tertiary/aromatic N) is 1. The second-order valence-electron chi connectivity index (χ2n) is 5.65. The van der Waals surface area contributed by atoms with Gasteiger partial charge in [0.2, 0.25) is 0 Å². The molecule has 0 bridgehead atoms. The molecule has 0 saturated heterocycles. The summed E-state index contributed by atoms with van der Waals surface area (Å²) in [7, 11) is 0. The summed E-state index contributed by atoms with van der Waals surface area (Å²) in [5.41, 5.74) is 6.53. The van der Waals surface area contributed by atoms with E-state index in [1.165, 1.54) is 27.8 Å². The predicted molar refractivity (Wildman–Crippen MR) is 88.4 cm³/mol. The highest BCUT2D eigenvalue weighted by Gasteiger charge is 2.22. The molecular formula is C20H17N. The van der Waals surface area contributed by atoms with Crippen molar-refractivity contribution in [2.24, 2.45) is 0 Å². The van der Waals surface area contributed by atoms with Gasteiger partial charge in [-0.1, -0.05) is 54.6 Å². The van der Waals surface area contributed by atoms with Crippen LogP contribution in [0.25, 0.3) is 17.2 Å². The van der Waals surface area contributed by atoms with Crippen LogP contribution in [-0.2, 0) is 0 Å². The maximum absolute atomic E-state index is 2.32. The van der Waals surface area contributed by atoms with E-state index in [9.17, 15) is 0 Å². The van der Waals surface area contributed by atoms with Gasteiger partial charge in [-0.3, -0.25) is 0 Å². The molecule has 1 heteroatoms. The highest BCUT2D eigenvalue weighted by atomic mass is 15.1. The molecule has 4 rings (SSSR count). The molecule has 2 aromatic rings. The third-order valence-electron chi connectivity index (χ3n) is 4.15. The Morgan fingerprint density at radius 3 is 2.62 bits per heavy atom. The van der Waals surface area contributed by atoms with Gasteiger partial charge in [-0.2, -0.15) is 0 Å². The van der Waals surface area contributed by atoms with Gasteiger partial charge in [0.15, 0.2) is 0 Å². The number of benzene rings is 2. The molecule has 0 aliphatic carbocycles. The minimum absolute atomic E-state index is 0.317. The molecule has 1 nitrogen and oxygen atoms in total. The molecular weight excluding hydrogens is 254 g/mol. The SMILES string of the molecule is CC1=CN2C=Cc3ccc(-c4ccccc4)cc3C2C=C1. The number of fused-ring (bicyclic) bond motifs is 3. The molecule has 0 fully saturated rings. The Morgan fingerprint density at radius 2 is 1.76 bits per heavy atom. The second kappa shape index (κ2) is 4.78. The maximum Gasteiger partial charge on any atom is 0.0773 e. The van der Waals surface area contributed by atoms with Crippen molar-refractivity contribution in [2.75, 3.05) is 0 Å². The molecule has 0 amide bonds. The second-order valence-corrected chi connectivity index (χ2v) is 5.65. The first kappa shape index (κ1) is 12.2. The Kier molecular flexibility index (Phi) is 2.78. The topological polar surface area (TPSA) is 3.24 Å². The molecule has 2 heterocycles. The Bertz CT molecular complexity index is 766. The first-order valence-corrected chi connectivity index (χ1v) is 7.33. The summed E-state index contributed by atoms with van der Waals surface area (Å²) in [5.74, 6) is 0. The molecule has 1 atom stereocenters. The molecule has 21 heavy (non-hydrogen) atoms. The van der Waals surface area contributed by atoms with E-state index in [1.807, 2.05) is 0 Å². The van der Waals surface area contributed by atoms with Crippen LogP contribution < -0.4 is 0 Å². The summed E-state index contributed by atoms with van der Waals surface area (Å²) in [4.78, 5) is 2.28. The van der Waals surface area contributed by atoms with E-state index in [2.05, 4.69) is 91.0 Å².